The van der Waals surface area contributed by atoms with Crippen molar-refractivity contribution in [3.63, 3.8) is 0 Å². The molecule has 0 saturated heterocycles. The summed E-state index contributed by atoms with van der Waals surface area (Å²) < 4.78 is 0. The van der Waals surface area contributed by atoms with E-state index in [1.165, 1.54) is 0 Å². The summed E-state index contributed by atoms with van der Waals surface area (Å²) >= 11 is 0. The molecule has 2 heteroatoms. The Morgan fingerprint density at radius 1 is 0.727 bits per heavy atom. The van der Waals surface area contributed by atoms with E-state index in [0.717, 1.165) is 16.8 Å². The molecular formula is C20H17NO. The fourth-order valence-corrected chi connectivity index (χ4v) is 2.50. The maximum Gasteiger partial charge on any atom is 0.195 e. The molecular weight excluding hydrogens is 270 g/mol. The molecule has 0 aliphatic carbocycles. The highest BCUT2D eigenvalue weighted by molar-refractivity contribution is 6.12. The zero-order valence-electron chi connectivity index (χ0n) is 12.4. The molecule has 0 amide bonds. The molecule has 0 aliphatic heterocycles. The molecule has 0 spiro atoms. The van der Waals surface area contributed by atoms with Crippen molar-refractivity contribution in [2.24, 2.45) is 0 Å². The molecule has 0 aromatic heterocycles. The Morgan fingerprint density at radius 3 is 2.00 bits per heavy atom. The summed E-state index contributed by atoms with van der Waals surface area (Å²) in [6.45, 7) is 0. The summed E-state index contributed by atoms with van der Waals surface area (Å²) in [5.41, 5.74) is 4.50. The molecule has 3 aromatic carbocycles. The number of nitrogens with one attached hydrogen (secondary N) is 1. The van der Waals surface area contributed by atoms with Gasteiger partial charge in [-0.3, -0.25) is 4.79 Å². The van der Waals surface area contributed by atoms with E-state index in [-0.39, 0.29) is 5.78 Å². The van der Waals surface area contributed by atoms with E-state index in [1.807, 2.05) is 73.8 Å². The van der Waals surface area contributed by atoms with Crippen molar-refractivity contribution < 1.29 is 4.79 Å². The van der Waals surface area contributed by atoms with E-state index in [9.17, 15) is 4.79 Å². The lowest BCUT2D eigenvalue weighted by atomic mass is 9.98. The SMILES string of the molecule is CNc1ccccc1C(=O)c1ccc(-c2ccccc2)cc1. The Bertz CT molecular complexity index is 776. The standard InChI is InChI=1S/C20H17NO/c1-21-19-10-6-5-9-18(19)20(22)17-13-11-16(12-14-17)15-7-3-2-4-8-15/h2-14,21H,1H3. The maximum absolute atomic E-state index is 12.6. The minimum Gasteiger partial charge on any atom is -0.388 e. The van der Waals surface area contributed by atoms with Gasteiger partial charge in [-0.15, -0.1) is 0 Å². The summed E-state index contributed by atoms with van der Waals surface area (Å²) in [4.78, 5) is 12.6. The monoisotopic (exact) mass is 287 g/mol. The second-order valence-electron chi connectivity index (χ2n) is 5.07. The Balaban J connectivity index is 1.91. The Morgan fingerprint density at radius 2 is 1.32 bits per heavy atom. The number of hydrogen-bond donors (Lipinski definition) is 1. The third kappa shape index (κ3) is 2.77. The predicted octanol–water partition coefficient (Wildman–Crippen LogP) is 4.63. The first-order valence-electron chi connectivity index (χ1n) is 7.26. The van der Waals surface area contributed by atoms with Gasteiger partial charge in [-0.05, 0) is 23.3 Å². The van der Waals surface area contributed by atoms with Gasteiger partial charge in [0.1, 0.15) is 0 Å². The number of carbonyl (C=O) groups excluding carboxylic acids is 1. The molecule has 3 rings (SSSR count). The average molecular weight is 287 g/mol. The van der Waals surface area contributed by atoms with E-state index in [4.69, 9.17) is 0 Å². The number of para-hydroxylation sites is 1. The molecule has 0 heterocycles. The fraction of sp³-hybridized carbons (Fsp3) is 0.0500. The number of rotatable bonds is 4. The van der Waals surface area contributed by atoms with Crippen molar-refractivity contribution in [2.45, 2.75) is 0 Å². The molecule has 0 unspecified atom stereocenters. The van der Waals surface area contributed by atoms with Gasteiger partial charge < -0.3 is 5.32 Å². The summed E-state index contributed by atoms with van der Waals surface area (Å²) in [6, 6.07) is 25.5. The third-order valence-electron chi connectivity index (χ3n) is 3.70. The van der Waals surface area contributed by atoms with Crippen LogP contribution in [0.2, 0.25) is 0 Å². The molecule has 3 aromatic rings. The van der Waals surface area contributed by atoms with Crippen molar-refractivity contribution in [3.05, 3.63) is 90.0 Å². The van der Waals surface area contributed by atoms with Crippen molar-refractivity contribution in [3.8, 4) is 11.1 Å². The van der Waals surface area contributed by atoms with Crippen LogP contribution in [-0.2, 0) is 0 Å². The van der Waals surface area contributed by atoms with Crippen LogP contribution >= 0.6 is 0 Å². The van der Waals surface area contributed by atoms with Crippen LogP contribution in [0.4, 0.5) is 5.69 Å². The highest BCUT2D eigenvalue weighted by Crippen LogP contribution is 2.22. The molecule has 0 radical (unpaired) electrons. The van der Waals surface area contributed by atoms with Gasteiger partial charge in [0.15, 0.2) is 5.78 Å². The Labute approximate surface area is 130 Å². The molecule has 0 atom stereocenters. The van der Waals surface area contributed by atoms with Crippen molar-refractivity contribution >= 4 is 11.5 Å². The molecule has 1 N–H and O–H groups in total. The van der Waals surface area contributed by atoms with Gasteiger partial charge in [-0.25, -0.2) is 0 Å². The smallest absolute Gasteiger partial charge is 0.195 e. The van der Waals surface area contributed by atoms with E-state index in [0.29, 0.717) is 11.1 Å². The molecule has 0 bridgehead atoms. The number of hydrogen-bond acceptors (Lipinski definition) is 2. The highest BCUT2D eigenvalue weighted by atomic mass is 16.1. The van der Waals surface area contributed by atoms with Crippen LogP contribution in [0, 0.1) is 0 Å². The van der Waals surface area contributed by atoms with Crippen molar-refractivity contribution in [2.75, 3.05) is 12.4 Å². The molecule has 0 fully saturated rings. The van der Waals surface area contributed by atoms with Crippen LogP contribution in [0.3, 0.4) is 0 Å². The second-order valence-corrected chi connectivity index (χ2v) is 5.07. The van der Waals surface area contributed by atoms with E-state index in [2.05, 4.69) is 17.4 Å². The molecule has 0 aliphatic rings. The zero-order valence-corrected chi connectivity index (χ0v) is 12.4. The predicted molar refractivity (Wildman–Crippen MR) is 91.3 cm³/mol. The lowest BCUT2D eigenvalue weighted by molar-refractivity contribution is 0.103. The summed E-state index contributed by atoms with van der Waals surface area (Å²) in [6.07, 6.45) is 0. The van der Waals surface area contributed by atoms with Crippen molar-refractivity contribution in [1.82, 2.24) is 0 Å². The third-order valence-corrected chi connectivity index (χ3v) is 3.70. The fourth-order valence-electron chi connectivity index (χ4n) is 2.50. The van der Waals surface area contributed by atoms with Crippen LogP contribution < -0.4 is 5.32 Å². The minimum absolute atomic E-state index is 0.0320. The zero-order chi connectivity index (χ0) is 15.4. The Hall–Kier alpha value is -2.87. The van der Waals surface area contributed by atoms with E-state index >= 15 is 0 Å². The molecule has 0 saturated carbocycles. The van der Waals surface area contributed by atoms with Gasteiger partial charge in [0.05, 0.1) is 0 Å². The largest absolute Gasteiger partial charge is 0.388 e. The number of anilines is 1. The number of ketones is 1. The van der Waals surface area contributed by atoms with E-state index < -0.39 is 0 Å². The first-order valence-corrected chi connectivity index (χ1v) is 7.26. The quantitative estimate of drug-likeness (QED) is 0.709. The van der Waals surface area contributed by atoms with Gasteiger partial charge in [0.25, 0.3) is 0 Å². The van der Waals surface area contributed by atoms with Crippen molar-refractivity contribution in [1.29, 1.82) is 0 Å². The first kappa shape index (κ1) is 14.1. The molecule has 22 heavy (non-hydrogen) atoms. The molecule has 108 valence electrons. The summed E-state index contributed by atoms with van der Waals surface area (Å²) in [7, 11) is 1.82. The second kappa shape index (κ2) is 6.27. The van der Waals surface area contributed by atoms with Crippen LogP contribution in [-0.4, -0.2) is 12.8 Å². The van der Waals surface area contributed by atoms with Gasteiger partial charge in [0.2, 0.25) is 0 Å². The lowest BCUT2D eigenvalue weighted by Gasteiger charge is -2.08. The van der Waals surface area contributed by atoms with Gasteiger partial charge in [-0.2, -0.15) is 0 Å². The Kier molecular flexibility index (Phi) is 4.01. The number of carbonyl (C=O) groups is 1. The van der Waals surface area contributed by atoms with Crippen LogP contribution in [0.5, 0.6) is 0 Å². The van der Waals surface area contributed by atoms with Crippen LogP contribution in [0.25, 0.3) is 11.1 Å². The molecule has 2 nitrogen and oxygen atoms in total. The summed E-state index contributed by atoms with van der Waals surface area (Å²) in [5.74, 6) is 0.0320. The first-order chi connectivity index (χ1) is 10.8. The minimum atomic E-state index is 0.0320. The van der Waals surface area contributed by atoms with Crippen LogP contribution in [0.15, 0.2) is 78.9 Å². The van der Waals surface area contributed by atoms with Gasteiger partial charge in [-0.1, -0.05) is 66.7 Å². The maximum atomic E-state index is 12.6. The highest BCUT2D eigenvalue weighted by Gasteiger charge is 2.12. The van der Waals surface area contributed by atoms with Crippen LogP contribution in [0.1, 0.15) is 15.9 Å². The normalized spacial score (nSPS) is 10.2. The lowest BCUT2D eigenvalue weighted by Crippen LogP contribution is -2.05. The van der Waals surface area contributed by atoms with Gasteiger partial charge in [0, 0.05) is 23.9 Å². The summed E-state index contributed by atoms with van der Waals surface area (Å²) in [5, 5.41) is 3.06. The van der Waals surface area contributed by atoms with E-state index in [1.54, 1.807) is 0 Å². The van der Waals surface area contributed by atoms with Gasteiger partial charge >= 0.3 is 0 Å². The number of benzene rings is 3. The average Bonchev–Trinajstić information content (AvgIpc) is 2.62. The topological polar surface area (TPSA) is 29.1 Å².